The third-order valence-corrected chi connectivity index (χ3v) is 3.73. The van der Waals surface area contributed by atoms with Gasteiger partial charge in [0, 0.05) is 12.0 Å². The van der Waals surface area contributed by atoms with Gasteiger partial charge in [-0.05, 0) is 25.8 Å². The molecule has 1 aliphatic rings. The van der Waals surface area contributed by atoms with Crippen LogP contribution in [0.5, 0.6) is 0 Å². The molecule has 0 amide bonds. The van der Waals surface area contributed by atoms with E-state index in [-0.39, 0.29) is 18.0 Å². The van der Waals surface area contributed by atoms with Gasteiger partial charge in [-0.25, -0.2) is 9.79 Å². The minimum atomic E-state index is -3.67. The van der Waals surface area contributed by atoms with Crippen molar-refractivity contribution in [3.05, 3.63) is 11.6 Å². The van der Waals surface area contributed by atoms with Gasteiger partial charge in [0.1, 0.15) is 0 Å². The van der Waals surface area contributed by atoms with E-state index >= 15 is 0 Å². The smallest absolute Gasteiger partial charge is 0.333 e. The van der Waals surface area contributed by atoms with Gasteiger partial charge in [0.25, 0.3) is 20.2 Å². The van der Waals surface area contributed by atoms with Crippen LogP contribution in [-0.4, -0.2) is 81.3 Å². The standard InChI is InChI=1S/C15H28N4O3.2CH4O3S/c1-4-10(5-2)22-12-8-9(14(20)21-6-3)7-11(13(12)16)19-15(17)18;2*1-5(2,3)4/h8,10-13H,4-7,16H2,1-3H3,(H4,17,18,19);2*1H3,(H,2,3,4)/t11-,12+,13+;;/m0../s1. The van der Waals surface area contributed by atoms with Gasteiger partial charge in [0.15, 0.2) is 5.96 Å². The van der Waals surface area contributed by atoms with Crippen LogP contribution in [0.15, 0.2) is 16.6 Å². The van der Waals surface area contributed by atoms with E-state index in [0.29, 0.717) is 31.1 Å². The van der Waals surface area contributed by atoms with Crippen molar-refractivity contribution in [3.63, 3.8) is 0 Å². The fourth-order valence-electron chi connectivity index (χ4n) is 2.49. The van der Waals surface area contributed by atoms with Crippen molar-refractivity contribution in [2.24, 2.45) is 22.2 Å². The van der Waals surface area contributed by atoms with Crippen LogP contribution >= 0.6 is 0 Å². The van der Waals surface area contributed by atoms with Crippen molar-refractivity contribution in [2.75, 3.05) is 19.1 Å². The Hall–Kier alpha value is -1.78. The van der Waals surface area contributed by atoms with Crippen molar-refractivity contribution >= 4 is 32.2 Å². The second-order valence-corrected chi connectivity index (χ2v) is 9.75. The molecule has 0 unspecified atom stereocenters. The zero-order chi connectivity index (χ0) is 25.7. The lowest BCUT2D eigenvalue weighted by Crippen LogP contribution is -2.50. The predicted octanol–water partition coefficient (Wildman–Crippen LogP) is -0.569. The van der Waals surface area contributed by atoms with Crippen molar-refractivity contribution in [1.82, 2.24) is 0 Å². The third kappa shape index (κ3) is 18.9. The van der Waals surface area contributed by atoms with Crippen molar-refractivity contribution in [3.8, 4) is 0 Å². The summed E-state index contributed by atoms with van der Waals surface area (Å²) in [6.07, 6.45) is 4.94. The molecule has 0 spiro atoms. The number of guanidine groups is 1. The van der Waals surface area contributed by atoms with E-state index in [4.69, 9.17) is 35.8 Å². The molecule has 0 aliphatic heterocycles. The van der Waals surface area contributed by atoms with E-state index in [1.807, 2.05) is 13.8 Å². The highest BCUT2D eigenvalue weighted by Crippen LogP contribution is 2.25. The summed E-state index contributed by atoms with van der Waals surface area (Å²) in [6.45, 7) is 6.17. The maximum Gasteiger partial charge on any atom is 0.333 e. The fraction of sp³-hybridized carbons (Fsp3) is 0.765. The molecule has 3 atom stereocenters. The molecule has 8 N–H and O–H groups in total. The highest BCUT2D eigenvalue weighted by Gasteiger charge is 2.35. The van der Waals surface area contributed by atoms with Gasteiger partial charge < -0.3 is 26.7 Å². The molecule has 1 aliphatic carbocycles. The molecule has 0 heterocycles. The van der Waals surface area contributed by atoms with Gasteiger partial charge in [0.05, 0.1) is 43.4 Å². The maximum absolute atomic E-state index is 12.0. The maximum atomic E-state index is 12.0. The highest BCUT2D eigenvalue weighted by atomic mass is 32.2. The van der Waals surface area contributed by atoms with E-state index in [1.165, 1.54) is 0 Å². The highest BCUT2D eigenvalue weighted by molar-refractivity contribution is 7.85. The first-order valence-electron chi connectivity index (χ1n) is 9.65. The van der Waals surface area contributed by atoms with Crippen LogP contribution in [0.3, 0.4) is 0 Å². The van der Waals surface area contributed by atoms with Gasteiger partial charge in [-0.2, -0.15) is 16.8 Å². The Kier molecular flexibility index (Phi) is 15.3. The number of ether oxygens (including phenoxy) is 2. The molecule has 0 bridgehead atoms. The minimum Gasteiger partial charge on any atom is -0.463 e. The van der Waals surface area contributed by atoms with Crippen LogP contribution < -0.4 is 17.2 Å². The largest absolute Gasteiger partial charge is 0.463 e. The summed E-state index contributed by atoms with van der Waals surface area (Å²) in [7, 11) is -7.33. The summed E-state index contributed by atoms with van der Waals surface area (Å²) in [5.74, 6) is -0.421. The van der Waals surface area contributed by atoms with E-state index in [9.17, 15) is 21.6 Å². The van der Waals surface area contributed by atoms with Crippen LogP contribution in [0.1, 0.15) is 40.0 Å². The zero-order valence-electron chi connectivity index (χ0n) is 19.0. The zero-order valence-corrected chi connectivity index (χ0v) is 20.6. The van der Waals surface area contributed by atoms with E-state index < -0.39 is 38.4 Å². The Balaban J connectivity index is 0. The van der Waals surface area contributed by atoms with Gasteiger partial charge in [-0.3, -0.25) is 9.11 Å². The molecule has 13 nitrogen and oxygen atoms in total. The summed E-state index contributed by atoms with van der Waals surface area (Å²) < 4.78 is 62.8. The number of aliphatic imine (C=N–C) groups is 1. The Morgan fingerprint density at radius 3 is 1.91 bits per heavy atom. The van der Waals surface area contributed by atoms with Crippen molar-refractivity contribution in [2.45, 2.75) is 64.3 Å². The summed E-state index contributed by atoms with van der Waals surface area (Å²) >= 11 is 0. The van der Waals surface area contributed by atoms with E-state index in [2.05, 4.69) is 4.99 Å². The molecular weight excluding hydrogens is 468 g/mol. The number of hydrogen-bond donors (Lipinski definition) is 5. The van der Waals surface area contributed by atoms with Gasteiger partial charge in [0.2, 0.25) is 0 Å². The molecule has 0 saturated heterocycles. The molecule has 190 valence electrons. The number of carbonyl (C=O) groups excluding carboxylic acids is 1. The van der Waals surface area contributed by atoms with Gasteiger partial charge in [-0.15, -0.1) is 0 Å². The summed E-state index contributed by atoms with van der Waals surface area (Å²) in [4.78, 5) is 16.1. The molecule has 0 aromatic carbocycles. The average Bonchev–Trinajstić information content (AvgIpc) is 2.59. The van der Waals surface area contributed by atoms with Crippen LogP contribution in [0.4, 0.5) is 0 Å². The average molecular weight is 505 g/mol. The normalized spacial score (nSPS) is 20.7. The first-order valence-corrected chi connectivity index (χ1v) is 13.3. The summed E-state index contributed by atoms with van der Waals surface area (Å²) in [5.41, 5.74) is 17.7. The van der Waals surface area contributed by atoms with Crippen LogP contribution in [0.25, 0.3) is 0 Å². The number of nitrogens with two attached hydrogens (primary N) is 3. The lowest BCUT2D eigenvalue weighted by Gasteiger charge is -2.34. The molecule has 0 saturated carbocycles. The molecule has 0 aromatic rings. The predicted molar refractivity (Wildman–Crippen MR) is 121 cm³/mol. The Labute approximate surface area is 189 Å². The lowest BCUT2D eigenvalue weighted by atomic mass is 9.88. The molecule has 15 heteroatoms. The van der Waals surface area contributed by atoms with Gasteiger partial charge in [-0.1, -0.05) is 13.8 Å². The SMILES string of the molecule is CCOC(=O)C1=C[C@@H](OC(CC)CC)[C@H](N)[C@@H](N=C(N)N)C1.CS(=O)(=O)O.CS(=O)(=O)O. The molecule has 0 radical (unpaired) electrons. The third-order valence-electron chi connectivity index (χ3n) is 3.73. The van der Waals surface area contributed by atoms with Crippen LogP contribution in [0.2, 0.25) is 0 Å². The number of nitrogens with zero attached hydrogens (tertiary/aromatic N) is 1. The molecule has 32 heavy (non-hydrogen) atoms. The molecular formula is C17H36N4O9S2. The van der Waals surface area contributed by atoms with Crippen molar-refractivity contribution in [1.29, 1.82) is 0 Å². The second-order valence-electron chi connectivity index (χ2n) is 6.82. The van der Waals surface area contributed by atoms with Crippen molar-refractivity contribution < 1.29 is 40.2 Å². The number of rotatable bonds is 7. The molecule has 1 rings (SSSR count). The monoisotopic (exact) mass is 504 g/mol. The van der Waals surface area contributed by atoms with E-state index in [0.717, 1.165) is 12.8 Å². The van der Waals surface area contributed by atoms with Crippen LogP contribution in [0, 0.1) is 0 Å². The molecule has 0 aromatic heterocycles. The second kappa shape index (κ2) is 15.1. The first-order chi connectivity index (χ1) is 14.4. The number of esters is 1. The summed E-state index contributed by atoms with van der Waals surface area (Å²) in [6, 6.07) is -0.797. The van der Waals surface area contributed by atoms with Crippen LogP contribution in [-0.2, 0) is 34.5 Å². The Morgan fingerprint density at radius 2 is 1.56 bits per heavy atom. The first kappa shape index (κ1) is 32.4. The Morgan fingerprint density at radius 1 is 1.12 bits per heavy atom. The van der Waals surface area contributed by atoms with Gasteiger partial charge >= 0.3 is 5.97 Å². The number of carbonyl (C=O) groups is 1. The fourth-order valence-corrected chi connectivity index (χ4v) is 2.49. The quantitative estimate of drug-likeness (QED) is 0.127. The minimum absolute atomic E-state index is 0.0492. The topological polar surface area (TPSA) is 235 Å². The Bertz CT molecular complexity index is 788. The van der Waals surface area contributed by atoms with E-state index in [1.54, 1.807) is 13.0 Å². The summed E-state index contributed by atoms with van der Waals surface area (Å²) in [5, 5.41) is 0. The molecule has 0 fully saturated rings. The lowest BCUT2D eigenvalue weighted by molar-refractivity contribution is -0.139. The number of hydrogen-bond acceptors (Lipinski definition) is 9.